The smallest absolute Gasteiger partial charge is 0.0382 e. The van der Waals surface area contributed by atoms with Crippen LogP contribution in [0.25, 0.3) is 10.8 Å². The molecule has 0 heterocycles. The van der Waals surface area contributed by atoms with Gasteiger partial charge in [0.15, 0.2) is 0 Å². The minimum absolute atomic E-state index is 0.945. The van der Waals surface area contributed by atoms with Gasteiger partial charge in [-0.3, -0.25) is 0 Å². The molecule has 1 heteroatoms. The van der Waals surface area contributed by atoms with Gasteiger partial charge < -0.3 is 5.73 Å². The van der Waals surface area contributed by atoms with Crippen LogP contribution < -0.4 is 5.73 Å². The summed E-state index contributed by atoms with van der Waals surface area (Å²) in [5.41, 5.74) is 12.3. The molecule has 3 rings (SSSR count). The van der Waals surface area contributed by atoms with Crippen molar-refractivity contribution in [1.82, 2.24) is 0 Å². The minimum Gasteiger partial charge on any atom is -0.398 e. The van der Waals surface area contributed by atoms with Gasteiger partial charge in [0.1, 0.15) is 0 Å². The number of fused-ring (bicyclic) bond motifs is 1. The number of aryl methyl sites for hydroxylation is 2. The van der Waals surface area contributed by atoms with E-state index in [1.165, 1.54) is 33.0 Å². The molecule has 0 aromatic heterocycles. The van der Waals surface area contributed by atoms with Crippen molar-refractivity contribution in [3.05, 3.63) is 76.9 Å². The first-order valence-electron chi connectivity index (χ1n) is 7.53. The summed E-state index contributed by atoms with van der Waals surface area (Å²) in [7, 11) is 0. The van der Waals surface area contributed by atoms with Crippen molar-refractivity contribution in [3.8, 4) is 0 Å². The summed E-state index contributed by atoms with van der Waals surface area (Å²) in [6, 6.07) is 19.6. The Morgan fingerprint density at radius 1 is 0.905 bits per heavy atom. The van der Waals surface area contributed by atoms with Crippen LogP contribution in [0.3, 0.4) is 0 Å². The van der Waals surface area contributed by atoms with E-state index < -0.39 is 0 Å². The Labute approximate surface area is 126 Å². The topological polar surface area (TPSA) is 26.0 Å². The highest BCUT2D eigenvalue weighted by Crippen LogP contribution is 2.29. The summed E-state index contributed by atoms with van der Waals surface area (Å²) in [5.74, 6) is 0. The second-order valence-electron chi connectivity index (χ2n) is 5.65. The molecule has 0 fully saturated rings. The molecule has 2 N–H and O–H groups in total. The van der Waals surface area contributed by atoms with Crippen LogP contribution in [0.2, 0.25) is 0 Å². The molecule has 3 aromatic carbocycles. The van der Waals surface area contributed by atoms with Gasteiger partial charge in [0, 0.05) is 5.69 Å². The zero-order valence-electron chi connectivity index (χ0n) is 12.7. The van der Waals surface area contributed by atoms with E-state index in [-0.39, 0.29) is 0 Å². The molecule has 0 aliphatic rings. The van der Waals surface area contributed by atoms with Gasteiger partial charge in [-0.1, -0.05) is 55.5 Å². The highest BCUT2D eigenvalue weighted by Gasteiger charge is 2.07. The maximum absolute atomic E-state index is 6.22. The molecule has 0 amide bonds. The van der Waals surface area contributed by atoms with E-state index in [0.29, 0.717) is 0 Å². The maximum Gasteiger partial charge on any atom is 0.0382 e. The van der Waals surface area contributed by atoms with Crippen LogP contribution in [0.5, 0.6) is 0 Å². The SMILES string of the molecule is CCc1cc2cc(Cc3ccccc3)ccc2c(C)c1N. The van der Waals surface area contributed by atoms with Gasteiger partial charge >= 0.3 is 0 Å². The van der Waals surface area contributed by atoms with Crippen LogP contribution in [-0.4, -0.2) is 0 Å². The molecule has 0 atom stereocenters. The number of anilines is 1. The van der Waals surface area contributed by atoms with Gasteiger partial charge in [-0.05, 0) is 58.9 Å². The van der Waals surface area contributed by atoms with Gasteiger partial charge in [0.2, 0.25) is 0 Å². The summed E-state index contributed by atoms with van der Waals surface area (Å²) in [4.78, 5) is 0. The van der Waals surface area contributed by atoms with E-state index in [1.54, 1.807) is 0 Å². The molecule has 0 saturated carbocycles. The van der Waals surface area contributed by atoms with Crippen LogP contribution in [-0.2, 0) is 12.8 Å². The molecule has 0 unspecified atom stereocenters. The molecule has 0 saturated heterocycles. The average Bonchev–Trinajstić information content (AvgIpc) is 2.52. The number of benzene rings is 3. The van der Waals surface area contributed by atoms with Gasteiger partial charge in [-0.25, -0.2) is 0 Å². The predicted molar refractivity (Wildman–Crippen MR) is 91.7 cm³/mol. The van der Waals surface area contributed by atoms with Crippen LogP contribution >= 0.6 is 0 Å². The van der Waals surface area contributed by atoms with Crippen molar-refractivity contribution in [2.24, 2.45) is 0 Å². The molecule has 21 heavy (non-hydrogen) atoms. The number of nitrogen functional groups attached to an aromatic ring is 1. The Hall–Kier alpha value is -2.28. The molecule has 3 aromatic rings. The van der Waals surface area contributed by atoms with Crippen LogP contribution in [0, 0.1) is 6.92 Å². The lowest BCUT2D eigenvalue weighted by molar-refractivity contribution is 1.14. The van der Waals surface area contributed by atoms with Gasteiger partial charge in [0.05, 0.1) is 0 Å². The highest BCUT2D eigenvalue weighted by molar-refractivity contribution is 5.91. The van der Waals surface area contributed by atoms with E-state index in [0.717, 1.165) is 18.5 Å². The zero-order chi connectivity index (χ0) is 14.8. The van der Waals surface area contributed by atoms with Crippen molar-refractivity contribution in [1.29, 1.82) is 0 Å². The Morgan fingerprint density at radius 3 is 2.38 bits per heavy atom. The maximum atomic E-state index is 6.22. The van der Waals surface area contributed by atoms with Crippen LogP contribution in [0.4, 0.5) is 5.69 Å². The zero-order valence-corrected chi connectivity index (χ0v) is 12.7. The quantitative estimate of drug-likeness (QED) is 0.677. The second-order valence-corrected chi connectivity index (χ2v) is 5.65. The number of rotatable bonds is 3. The lowest BCUT2D eigenvalue weighted by Crippen LogP contribution is -1.98. The van der Waals surface area contributed by atoms with E-state index >= 15 is 0 Å². The normalized spacial score (nSPS) is 11.0. The lowest BCUT2D eigenvalue weighted by Gasteiger charge is -2.12. The van der Waals surface area contributed by atoms with Gasteiger partial charge in [-0.15, -0.1) is 0 Å². The first-order valence-corrected chi connectivity index (χ1v) is 7.53. The third-order valence-corrected chi connectivity index (χ3v) is 4.23. The molecule has 0 bridgehead atoms. The first kappa shape index (κ1) is 13.7. The molecule has 0 aliphatic carbocycles. The van der Waals surface area contributed by atoms with E-state index in [1.807, 2.05) is 0 Å². The standard InChI is InChI=1S/C20H21N/c1-3-17-13-18-12-16(11-15-7-5-4-6-8-15)9-10-19(18)14(2)20(17)21/h4-10,12-13H,3,11,21H2,1-2H3. The molecule has 0 radical (unpaired) electrons. The first-order chi connectivity index (χ1) is 10.2. The molecule has 0 aliphatic heterocycles. The average molecular weight is 275 g/mol. The van der Waals surface area contributed by atoms with Crippen LogP contribution in [0.15, 0.2) is 54.6 Å². The fraction of sp³-hybridized carbons (Fsp3) is 0.200. The van der Waals surface area contributed by atoms with Crippen molar-refractivity contribution in [3.63, 3.8) is 0 Å². The third kappa shape index (κ3) is 2.64. The Bertz CT molecular complexity index is 773. The van der Waals surface area contributed by atoms with Crippen molar-refractivity contribution in [2.45, 2.75) is 26.7 Å². The molecule has 1 nitrogen and oxygen atoms in total. The molecular formula is C20H21N. The van der Waals surface area contributed by atoms with E-state index in [2.05, 4.69) is 68.4 Å². The molecular weight excluding hydrogens is 254 g/mol. The fourth-order valence-electron chi connectivity index (χ4n) is 2.96. The largest absolute Gasteiger partial charge is 0.398 e. The summed E-state index contributed by atoms with van der Waals surface area (Å²) in [5, 5.41) is 2.56. The van der Waals surface area contributed by atoms with Crippen molar-refractivity contribution in [2.75, 3.05) is 5.73 Å². The number of hydrogen-bond acceptors (Lipinski definition) is 1. The van der Waals surface area contributed by atoms with Crippen molar-refractivity contribution < 1.29 is 0 Å². The summed E-state index contributed by atoms with van der Waals surface area (Å²) >= 11 is 0. The lowest BCUT2D eigenvalue weighted by atomic mass is 9.95. The highest BCUT2D eigenvalue weighted by atomic mass is 14.6. The van der Waals surface area contributed by atoms with Gasteiger partial charge in [-0.2, -0.15) is 0 Å². The number of nitrogens with two attached hydrogens (primary N) is 1. The summed E-state index contributed by atoms with van der Waals surface area (Å²) in [6.45, 7) is 4.28. The molecule has 0 spiro atoms. The third-order valence-electron chi connectivity index (χ3n) is 4.23. The minimum atomic E-state index is 0.945. The van der Waals surface area contributed by atoms with Crippen molar-refractivity contribution >= 4 is 16.5 Å². The van der Waals surface area contributed by atoms with E-state index in [9.17, 15) is 0 Å². The fourth-order valence-corrected chi connectivity index (χ4v) is 2.96. The Kier molecular flexibility index (Phi) is 3.66. The second kappa shape index (κ2) is 5.61. The number of hydrogen-bond donors (Lipinski definition) is 1. The van der Waals surface area contributed by atoms with E-state index in [4.69, 9.17) is 5.73 Å². The van der Waals surface area contributed by atoms with Gasteiger partial charge in [0.25, 0.3) is 0 Å². The summed E-state index contributed by atoms with van der Waals surface area (Å²) in [6.07, 6.45) is 1.95. The monoisotopic (exact) mass is 275 g/mol. The predicted octanol–water partition coefficient (Wildman–Crippen LogP) is 4.88. The summed E-state index contributed by atoms with van der Waals surface area (Å²) < 4.78 is 0. The Balaban J connectivity index is 2.05. The molecule has 106 valence electrons. The Morgan fingerprint density at radius 2 is 1.67 bits per heavy atom. The van der Waals surface area contributed by atoms with Crippen LogP contribution in [0.1, 0.15) is 29.2 Å².